The molecule has 5 nitrogen and oxygen atoms in total. The molecular formula is C20H22N4O. The number of pyridine rings is 1. The first-order valence-corrected chi connectivity index (χ1v) is 8.47. The van der Waals surface area contributed by atoms with Crippen LogP contribution in [-0.4, -0.2) is 20.9 Å². The summed E-state index contributed by atoms with van der Waals surface area (Å²) in [6.07, 6.45) is 4.63. The molecule has 0 aliphatic heterocycles. The maximum absolute atomic E-state index is 12.3. The Kier molecular flexibility index (Phi) is 5.23. The maximum Gasteiger partial charge on any atom is 0.225 e. The Morgan fingerprint density at radius 3 is 2.60 bits per heavy atom. The minimum absolute atomic E-state index is 0.0323. The molecule has 1 amide bonds. The first kappa shape index (κ1) is 16.9. The highest BCUT2D eigenvalue weighted by atomic mass is 16.1. The topological polar surface area (TPSA) is 70.7 Å². The van der Waals surface area contributed by atoms with Crippen molar-refractivity contribution in [3.8, 4) is 11.3 Å². The van der Waals surface area contributed by atoms with Crippen LogP contribution in [0.3, 0.4) is 0 Å². The Bertz CT molecular complexity index is 824. The molecule has 0 aliphatic carbocycles. The molecule has 0 radical (unpaired) electrons. The molecule has 0 saturated carbocycles. The van der Waals surface area contributed by atoms with Crippen molar-refractivity contribution in [1.82, 2.24) is 20.3 Å². The molecule has 0 unspecified atom stereocenters. The molecule has 1 atom stereocenters. The van der Waals surface area contributed by atoms with Gasteiger partial charge < -0.3 is 10.3 Å². The van der Waals surface area contributed by atoms with Gasteiger partial charge in [0.05, 0.1) is 24.4 Å². The largest absolute Gasteiger partial charge is 0.346 e. The van der Waals surface area contributed by atoms with Gasteiger partial charge in [0.25, 0.3) is 0 Å². The second-order valence-electron chi connectivity index (χ2n) is 6.06. The molecule has 3 aromatic rings. The van der Waals surface area contributed by atoms with Crippen LogP contribution >= 0.6 is 0 Å². The van der Waals surface area contributed by atoms with Crippen molar-refractivity contribution in [1.29, 1.82) is 0 Å². The van der Waals surface area contributed by atoms with Crippen molar-refractivity contribution >= 4 is 5.91 Å². The van der Waals surface area contributed by atoms with E-state index in [0.717, 1.165) is 34.8 Å². The summed E-state index contributed by atoms with van der Waals surface area (Å²) in [5.41, 5.74) is 3.88. The Balaban J connectivity index is 1.67. The minimum atomic E-state index is -0.136. The lowest BCUT2D eigenvalue weighted by Crippen LogP contribution is -2.30. The standard InChI is InChI=1S/C20H22N4O/c1-3-17(23-19(25)11-15-10-9-14(2)21-12-15)20-22-13-18(24-20)16-7-5-4-6-8-16/h4-10,12-13,17H,3,11H2,1-2H3,(H,22,24)(H,23,25)/t17-/m1/s1. The SMILES string of the molecule is CC[C@@H](NC(=O)Cc1ccc(C)nc1)c1ncc(-c2ccccc2)[nH]1. The van der Waals surface area contributed by atoms with Gasteiger partial charge in [0.1, 0.15) is 5.82 Å². The van der Waals surface area contributed by atoms with Crippen LogP contribution in [0.2, 0.25) is 0 Å². The van der Waals surface area contributed by atoms with E-state index in [0.29, 0.717) is 6.42 Å². The van der Waals surface area contributed by atoms with E-state index in [-0.39, 0.29) is 11.9 Å². The molecule has 25 heavy (non-hydrogen) atoms. The van der Waals surface area contributed by atoms with Gasteiger partial charge in [0.2, 0.25) is 5.91 Å². The molecule has 0 spiro atoms. The number of carbonyl (C=O) groups is 1. The zero-order valence-corrected chi connectivity index (χ0v) is 14.5. The van der Waals surface area contributed by atoms with Crippen molar-refractivity contribution in [2.75, 3.05) is 0 Å². The third-order valence-corrected chi connectivity index (χ3v) is 4.09. The average molecular weight is 334 g/mol. The maximum atomic E-state index is 12.3. The molecular weight excluding hydrogens is 312 g/mol. The summed E-state index contributed by atoms with van der Waals surface area (Å²) in [5, 5.41) is 3.05. The molecule has 0 bridgehead atoms. The van der Waals surface area contributed by atoms with E-state index in [4.69, 9.17) is 0 Å². The molecule has 128 valence electrons. The molecule has 2 aromatic heterocycles. The zero-order valence-electron chi connectivity index (χ0n) is 14.5. The van der Waals surface area contributed by atoms with Crippen LogP contribution in [0.5, 0.6) is 0 Å². The predicted octanol–water partition coefficient (Wildman–Crippen LogP) is 3.59. The molecule has 0 aliphatic rings. The van der Waals surface area contributed by atoms with Gasteiger partial charge in [-0.25, -0.2) is 4.98 Å². The zero-order chi connectivity index (χ0) is 17.6. The summed E-state index contributed by atoms with van der Waals surface area (Å²) < 4.78 is 0. The monoisotopic (exact) mass is 334 g/mol. The quantitative estimate of drug-likeness (QED) is 0.724. The van der Waals surface area contributed by atoms with Crippen LogP contribution in [0, 0.1) is 6.92 Å². The van der Waals surface area contributed by atoms with Gasteiger partial charge in [-0.15, -0.1) is 0 Å². The fraction of sp³-hybridized carbons (Fsp3) is 0.250. The van der Waals surface area contributed by atoms with Crippen LogP contribution in [0.4, 0.5) is 0 Å². The van der Waals surface area contributed by atoms with Crippen LogP contribution in [-0.2, 0) is 11.2 Å². The van der Waals surface area contributed by atoms with Crippen molar-refractivity contribution < 1.29 is 4.79 Å². The highest BCUT2D eigenvalue weighted by Gasteiger charge is 2.16. The number of H-pyrrole nitrogens is 1. The highest BCUT2D eigenvalue weighted by molar-refractivity contribution is 5.78. The van der Waals surface area contributed by atoms with E-state index in [9.17, 15) is 4.79 Å². The first-order valence-electron chi connectivity index (χ1n) is 8.47. The lowest BCUT2D eigenvalue weighted by Gasteiger charge is -2.14. The second-order valence-corrected chi connectivity index (χ2v) is 6.06. The van der Waals surface area contributed by atoms with Gasteiger partial charge in [-0.3, -0.25) is 9.78 Å². The number of imidazole rings is 1. The number of nitrogens with one attached hydrogen (secondary N) is 2. The summed E-state index contributed by atoms with van der Waals surface area (Å²) in [5.74, 6) is 0.742. The van der Waals surface area contributed by atoms with Crippen molar-refractivity contribution in [3.63, 3.8) is 0 Å². The van der Waals surface area contributed by atoms with E-state index in [1.165, 1.54) is 0 Å². The summed E-state index contributed by atoms with van der Waals surface area (Å²) in [4.78, 5) is 24.3. The molecule has 3 rings (SSSR count). The second kappa shape index (κ2) is 7.75. The van der Waals surface area contributed by atoms with E-state index >= 15 is 0 Å². The third-order valence-electron chi connectivity index (χ3n) is 4.09. The molecule has 1 aromatic carbocycles. The summed E-state index contributed by atoms with van der Waals surface area (Å²) in [7, 11) is 0. The van der Waals surface area contributed by atoms with Gasteiger partial charge >= 0.3 is 0 Å². The number of hydrogen-bond donors (Lipinski definition) is 2. The number of benzene rings is 1. The minimum Gasteiger partial charge on any atom is -0.346 e. The highest BCUT2D eigenvalue weighted by Crippen LogP contribution is 2.20. The Labute approximate surface area is 147 Å². The molecule has 2 heterocycles. The van der Waals surface area contributed by atoms with Crippen LogP contribution in [0.15, 0.2) is 54.9 Å². The molecule has 0 saturated heterocycles. The van der Waals surface area contributed by atoms with Crippen LogP contribution < -0.4 is 5.32 Å². The van der Waals surface area contributed by atoms with Gasteiger partial charge in [0, 0.05) is 11.9 Å². The molecule has 0 fully saturated rings. The number of aryl methyl sites for hydroxylation is 1. The number of aromatic amines is 1. The van der Waals surface area contributed by atoms with Gasteiger partial charge in [0.15, 0.2) is 0 Å². The van der Waals surface area contributed by atoms with Gasteiger partial charge in [-0.2, -0.15) is 0 Å². The fourth-order valence-electron chi connectivity index (χ4n) is 2.68. The first-order chi connectivity index (χ1) is 12.2. The lowest BCUT2D eigenvalue weighted by molar-refractivity contribution is -0.121. The lowest BCUT2D eigenvalue weighted by atomic mass is 10.1. The number of rotatable bonds is 6. The predicted molar refractivity (Wildman–Crippen MR) is 97.9 cm³/mol. The van der Waals surface area contributed by atoms with Crippen LogP contribution in [0.25, 0.3) is 11.3 Å². The van der Waals surface area contributed by atoms with Crippen molar-refractivity contribution in [3.05, 3.63) is 71.9 Å². The van der Waals surface area contributed by atoms with Crippen molar-refractivity contribution in [2.45, 2.75) is 32.7 Å². The number of aromatic nitrogens is 3. The normalized spacial score (nSPS) is 11.9. The summed E-state index contributed by atoms with van der Waals surface area (Å²) in [6.45, 7) is 3.96. The third kappa shape index (κ3) is 4.32. The Morgan fingerprint density at radius 1 is 1.12 bits per heavy atom. The number of carbonyl (C=O) groups excluding carboxylic acids is 1. The van der Waals surface area contributed by atoms with E-state index in [1.54, 1.807) is 6.20 Å². The number of hydrogen-bond acceptors (Lipinski definition) is 3. The van der Waals surface area contributed by atoms with E-state index < -0.39 is 0 Å². The van der Waals surface area contributed by atoms with E-state index in [1.807, 2.05) is 62.5 Å². The van der Waals surface area contributed by atoms with Gasteiger partial charge in [-0.05, 0) is 30.5 Å². The summed E-state index contributed by atoms with van der Waals surface area (Å²) >= 11 is 0. The van der Waals surface area contributed by atoms with Crippen LogP contribution in [0.1, 0.15) is 36.5 Å². The fourth-order valence-corrected chi connectivity index (χ4v) is 2.68. The Hall–Kier alpha value is -2.95. The van der Waals surface area contributed by atoms with Crippen molar-refractivity contribution in [2.24, 2.45) is 0 Å². The smallest absolute Gasteiger partial charge is 0.225 e. The summed E-state index contributed by atoms with van der Waals surface area (Å²) in [6, 6.07) is 13.7. The number of nitrogens with zero attached hydrogens (tertiary/aromatic N) is 2. The van der Waals surface area contributed by atoms with E-state index in [2.05, 4.69) is 20.3 Å². The number of amides is 1. The van der Waals surface area contributed by atoms with Gasteiger partial charge in [-0.1, -0.05) is 43.3 Å². The average Bonchev–Trinajstić information content (AvgIpc) is 3.12. The molecule has 2 N–H and O–H groups in total. The molecule has 5 heteroatoms. The Morgan fingerprint density at radius 2 is 1.92 bits per heavy atom.